The number of benzene rings is 1. The van der Waals surface area contributed by atoms with Gasteiger partial charge in [-0.3, -0.25) is 9.59 Å². The Bertz CT molecular complexity index is 755. The molecule has 0 radical (unpaired) electrons. The first-order valence-electron chi connectivity index (χ1n) is 8.46. The molecule has 0 unspecified atom stereocenters. The van der Waals surface area contributed by atoms with Crippen molar-refractivity contribution in [1.29, 1.82) is 0 Å². The zero-order chi connectivity index (χ0) is 18.6. The molecule has 134 valence electrons. The van der Waals surface area contributed by atoms with Crippen LogP contribution >= 0.6 is 0 Å². The third-order valence-corrected chi connectivity index (χ3v) is 3.98. The van der Waals surface area contributed by atoms with E-state index < -0.39 is 5.91 Å². The maximum atomic E-state index is 11.8. The average molecular weight is 342 g/mol. The first-order chi connectivity index (χ1) is 11.7. The Balaban J connectivity index is 2.23. The van der Waals surface area contributed by atoms with Crippen LogP contribution in [0.4, 0.5) is 5.82 Å². The van der Waals surface area contributed by atoms with E-state index in [4.69, 9.17) is 5.73 Å². The van der Waals surface area contributed by atoms with Crippen LogP contribution in [0.5, 0.6) is 0 Å². The van der Waals surface area contributed by atoms with Crippen LogP contribution < -0.4 is 11.1 Å². The summed E-state index contributed by atoms with van der Waals surface area (Å²) < 4.78 is 1.66. The van der Waals surface area contributed by atoms with E-state index in [2.05, 4.69) is 43.2 Å². The number of anilines is 1. The smallest absolute Gasteiger partial charge is 0.269 e. The minimum Gasteiger partial charge on any atom is -0.364 e. The molecule has 0 saturated carbocycles. The van der Waals surface area contributed by atoms with Crippen molar-refractivity contribution in [3.8, 4) is 0 Å². The second-order valence-corrected chi connectivity index (χ2v) is 7.18. The number of nitrogens with two attached hydrogens (primary N) is 1. The van der Waals surface area contributed by atoms with Gasteiger partial charge >= 0.3 is 0 Å². The standard InChI is InChI=1S/C19H26N4O2/c1-5-6-15(24)22-18-16(17(20)25)23(12-21-18)11-13-7-9-14(10-8-13)19(2,3)4/h7-10,12H,5-6,11H2,1-4H3,(H2,20,25)(H,22,24). The molecular weight excluding hydrogens is 316 g/mol. The molecule has 2 aromatic rings. The lowest BCUT2D eigenvalue weighted by molar-refractivity contribution is -0.116. The van der Waals surface area contributed by atoms with E-state index in [-0.39, 0.29) is 22.8 Å². The lowest BCUT2D eigenvalue weighted by atomic mass is 9.87. The molecule has 0 fully saturated rings. The number of nitrogens with zero attached hydrogens (tertiary/aromatic N) is 2. The molecule has 1 aromatic carbocycles. The Morgan fingerprint density at radius 1 is 1.20 bits per heavy atom. The molecule has 1 aromatic heterocycles. The van der Waals surface area contributed by atoms with Crippen LogP contribution in [0.25, 0.3) is 0 Å². The summed E-state index contributed by atoms with van der Waals surface area (Å²) >= 11 is 0. The van der Waals surface area contributed by atoms with Gasteiger partial charge < -0.3 is 15.6 Å². The molecule has 0 bridgehead atoms. The average Bonchev–Trinajstić information content (AvgIpc) is 2.89. The number of aromatic nitrogens is 2. The van der Waals surface area contributed by atoms with Crippen LogP contribution in [-0.2, 0) is 16.8 Å². The molecule has 1 heterocycles. The van der Waals surface area contributed by atoms with Crippen LogP contribution in [-0.4, -0.2) is 21.4 Å². The van der Waals surface area contributed by atoms with E-state index in [0.29, 0.717) is 13.0 Å². The molecule has 0 aliphatic rings. The van der Waals surface area contributed by atoms with Crippen LogP contribution in [0.3, 0.4) is 0 Å². The van der Waals surface area contributed by atoms with Crippen molar-refractivity contribution in [3.63, 3.8) is 0 Å². The van der Waals surface area contributed by atoms with Gasteiger partial charge in [-0.25, -0.2) is 4.98 Å². The normalized spacial score (nSPS) is 11.4. The molecule has 0 atom stereocenters. The summed E-state index contributed by atoms with van der Waals surface area (Å²) in [6.45, 7) is 8.85. The summed E-state index contributed by atoms with van der Waals surface area (Å²) in [6, 6.07) is 8.22. The molecule has 25 heavy (non-hydrogen) atoms. The first-order valence-corrected chi connectivity index (χ1v) is 8.46. The van der Waals surface area contributed by atoms with Crippen molar-refractivity contribution < 1.29 is 9.59 Å². The van der Waals surface area contributed by atoms with Gasteiger partial charge in [0.05, 0.1) is 6.33 Å². The van der Waals surface area contributed by atoms with E-state index in [1.165, 1.54) is 11.9 Å². The summed E-state index contributed by atoms with van der Waals surface area (Å²) in [7, 11) is 0. The molecular formula is C19H26N4O2. The predicted octanol–water partition coefficient (Wildman–Crippen LogP) is 3.07. The van der Waals surface area contributed by atoms with Crippen molar-refractivity contribution in [2.75, 3.05) is 5.32 Å². The lowest BCUT2D eigenvalue weighted by Crippen LogP contribution is -2.21. The molecule has 2 amide bonds. The highest BCUT2D eigenvalue weighted by Crippen LogP contribution is 2.23. The van der Waals surface area contributed by atoms with E-state index in [0.717, 1.165) is 12.0 Å². The maximum absolute atomic E-state index is 11.8. The molecule has 0 aliphatic heterocycles. The summed E-state index contributed by atoms with van der Waals surface area (Å²) in [4.78, 5) is 27.7. The Morgan fingerprint density at radius 3 is 2.36 bits per heavy atom. The summed E-state index contributed by atoms with van der Waals surface area (Å²) in [5.74, 6) is -0.572. The van der Waals surface area contributed by atoms with Crippen molar-refractivity contribution in [1.82, 2.24) is 9.55 Å². The molecule has 2 rings (SSSR count). The third-order valence-electron chi connectivity index (χ3n) is 3.98. The fourth-order valence-electron chi connectivity index (χ4n) is 2.58. The summed E-state index contributed by atoms with van der Waals surface area (Å²) in [5.41, 5.74) is 8.06. The van der Waals surface area contributed by atoms with Crippen molar-refractivity contribution in [3.05, 3.63) is 47.4 Å². The maximum Gasteiger partial charge on any atom is 0.269 e. The number of hydrogen-bond acceptors (Lipinski definition) is 3. The van der Waals surface area contributed by atoms with Crippen LogP contribution in [0.15, 0.2) is 30.6 Å². The first kappa shape index (κ1) is 18.7. The van der Waals surface area contributed by atoms with Crippen molar-refractivity contribution in [2.45, 2.75) is 52.5 Å². The number of nitrogens with one attached hydrogen (secondary N) is 1. The minimum atomic E-state index is -0.615. The number of rotatable bonds is 6. The Kier molecular flexibility index (Phi) is 5.62. The highest BCUT2D eigenvalue weighted by atomic mass is 16.2. The number of carbonyl (C=O) groups is 2. The van der Waals surface area contributed by atoms with E-state index >= 15 is 0 Å². The topological polar surface area (TPSA) is 90.0 Å². The molecule has 6 nitrogen and oxygen atoms in total. The van der Waals surface area contributed by atoms with Gasteiger partial charge in [-0.05, 0) is 23.0 Å². The second kappa shape index (κ2) is 7.51. The monoisotopic (exact) mass is 342 g/mol. The Hall–Kier alpha value is -2.63. The highest BCUT2D eigenvalue weighted by Gasteiger charge is 2.18. The van der Waals surface area contributed by atoms with E-state index in [1.54, 1.807) is 4.57 Å². The zero-order valence-corrected chi connectivity index (χ0v) is 15.3. The number of amides is 2. The second-order valence-electron chi connectivity index (χ2n) is 7.18. The van der Waals surface area contributed by atoms with Gasteiger partial charge in [0.15, 0.2) is 11.5 Å². The minimum absolute atomic E-state index is 0.0860. The van der Waals surface area contributed by atoms with E-state index in [9.17, 15) is 9.59 Å². The van der Waals surface area contributed by atoms with Gasteiger partial charge in [-0.15, -0.1) is 0 Å². The van der Waals surface area contributed by atoms with Crippen molar-refractivity contribution in [2.24, 2.45) is 5.73 Å². The largest absolute Gasteiger partial charge is 0.364 e. The van der Waals surface area contributed by atoms with Crippen LogP contribution in [0.2, 0.25) is 0 Å². The van der Waals surface area contributed by atoms with Gasteiger partial charge in [0, 0.05) is 13.0 Å². The predicted molar refractivity (Wildman–Crippen MR) is 98.5 cm³/mol. The molecule has 6 heteroatoms. The van der Waals surface area contributed by atoms with Gasteiger partial charge in [0.2, 0.25) is 5.91 Å². The highest BCUT2D eigenvalue weighted by molar-refractivity contribution is 6.00. The van der Waals surface area contributed by atoms with Crippen molar-refractivity contribution >= 4 is 17.6 Å². The molecule has 0 saturated heterocycles. The fraction of sp³-hybridized carbons (Fsp3) is 0.421. The number of primary amides is 1. The Morgan fingerprint density at radius 2 is 1.84 bits per heavy atom. The van der Waals surface area contributed by atoms with Crippen LogP contribution in [0.1, 0.15) is 62.2 Å². The molecule has 3 N–H and O–H groups in total. The lowest BCUT2D eigenvalue weighted by Gasteiger charge is -2.19. The van der Waals surface area contributed by atoms with Gasteiger partial charge in [-0.2, -0.15) is 0 Å². The summed E-state index contributed by atoms with van der Waals surface area (Å²) in [5, 5.41) is 2.66. The number of hydrogen-bond donors (Lipinski definition) is 2. The number of imidazole rings is 1. The zero-order valence-electron chi connectivity index (χ0n) is 15.3. The SMILES string of the molecule is CCCC(=O)Nc1ncn(Cc2ccc(C(C)(C)C)cc2)c1C(N)=O. The van der Waals surface area contributed by atoms with E-state index in [1.807, 2.05) is 19.1 Å². The fourth-order valence-corrected chi connectivity index (χ4v) is 2.58. The van der Waals surface area contributed by atoms with Crippen LogP contribution in [0, 0.1) is 0 Å². The number of carbonyl (C=O) groups excluding carboxylic acids is 2. The van der Waals surface area contributed by atoms with Gasteiger partial charge in [0.25, 0.3) is 5.91 Å². The van der Waals surface area contributed by atoms with Gasteiger partial charge in [0.1, 0.15) is 0 Å². The quantitative estimate of drug-likeness (QED) is 0.845. The summed E-state index contributed by atoms with van der Waals surface area (Å²) in [6.07, 6.45) is 2.62. The molecule has 0 aliphatic carbocycles. The van der Waals surface area contributed by atoms with Gasteiger partial charge in [-0.1, -0.05) is 52.0 Å². The molecule has 0 spiro atoms. The third kappa shape index (κ3) is 4.68. The Labute approximate surface area is 148 Å².